The largest absolute Gasteiger partial charge is 0.481 e. The summed E-state index contributed by atoms with van der Waals surface area (Å²) in [6, 6.07) is 6.09. The van der Waals surface area contributed by atoms with Crippen molar-refractivity contribution in [3.63, 3.8) is 0 Å². The number of carboxylic acids is 1. The highest BCUT2D eigenvalue weighted by Crippen LogP contribution is 2.28. The number of para-hydroxylation sites is 1. The Morgan fingerprint density at radius 2 is 2.18 bits per heavy atom. The van der Waals surface area contributed by atoms with Gasteiger partial charge in [0.15, 0.2) is 0 Å². The summed E-state index contributed by atoms with van der Waals surface area (Å²) in [6.45, 7) is 4.08. The lowest BCUT2D eigenvalue weighted by molar-refractivity contribution is -0.137. The van der Waals surface area contributed by atoms with Crippen LogP contribution in [0.25, 0.3) is 11.0 Å². The molecule has 0 unspecified atom stereocenters. The molecular formula is C14H16O3. The molecule has 90 valence electrons. The Kier molecular flexibility index (Phi) is 3.18. The number of carbonyl (C=O) groups is 1. The molecule has 1 aromatic heterocycles. The lowest BCUT2D eigenvalue weighted by atomic mass is 10.1. The maximum Gasteiger partial charge on any atom is 0.303 e. The van der Waals surface area contributed by atoms with E-state index in [1.165, 1.54) is 5.56 Å². The molecule has 0 radical (unpaired) electrons. The molecule has 0 atom stereocenters. The minimum Gasteiger partial charge on any atom is -0.481 e. The Morgan fingerprint density at radius 1 is 1.41 bits per heavy atom. The molecule has 0 amide bonds. The maximum atomic E-state index is 10.6. The van der Waals surface area contributed by atoms with Crippen molar-refractivity contribution in [2.45, 2.75) is 33.1 Å². The van der Waals surface area contributed by atoms with Crippen LogP contribution >= 0.6 is 0 Å². The average molecular weight is 232 g/mol. The fourth-order valence-electron chi connectivity index (χ4n) is 2.09. The van der Waals surface area contributed by atoms with E-state index in [0.29, 0.717) is 6.42 Å². The van der Waals surface area contributed by atoms with E-state index < -0.39 is 5.97 Å². The second-order valence-electron chi connectivity index (χ2n) is 4.19. The lowest BCUT2D eigenvalue weighted by Gasteiger charge is -1.96. The van der Waals surface area contributed by atoms with E-state index >= 15 is 0 Å². The van der Waals surface area contributed by atoms with Crippen molar-refractivity contribution in [2.75, 3.05) is 0 Å². The number of carboxylic acid groups (broad SMARTS) is 1. The van der Waals surface area contributed by atoms with Gasteiger partial charge in [-0.25, -0.2) is 0 Å². The van der Waals surface area contributed by atoms with Crippen molar-refractivity contribution in [1.29, 1.82) is 0 Å². The minimum absolute atomic E-state index is 0.113. The fourth-order valence-corrected chi connectivity index (χ4v) is 2.09. The van der Waals surface area contributed by atoms with Crippen LogP contribution in [0.1, 0.15) is 30.2 Å². The first-order chi connectivity index (χ1) is 8.13. The molecule has 0 spiro atoms. The van der Waals surface area contributed by atoms with Gasteiger partial charge in [0.25, 0.3) is 0 Å². The van der Waals surface area contributed by atoms with Crippen molar-refractivity contribution in [3.05, 3.63) is 35.1 Å². The summed E-state index contributed by atoms with van der Waals surface area (Å²) in [7, 11) is 0. The van der Waals surface area contributed by atoms with Gasteiger partial charge < -0.3 is 9.52 Å². The number of benzene rings is 1. The van der Waals surface area contributed by atoms with Gasteiger partial charge >= 0.3 is 5.97 Å². The SMILES string of the molecule is CCc1cccc2c(C)c(CCC(=O)O)oc12. The predicted molar refractivity (Wildman–Crippen MR) is 66.3 cm³/mol. The first-order valence-corrected chi connectivity index (χ1v) is 5.85. The van der Waals surface area contributed by atoms with Crippen molar-refractivity contribution >= 4 is 16.9 Å². The van der Waals surface area contributed by atoms with Crippen LogP contribution in [0, 0.1) is 6.92 Å². The molecular weight excluding hydrogens is 216 g/mol. The molecule has 17 heavy (non-hydrogen) atoms. The van der Waals surface area contributed by atoms with Gasteiger partial charge in [0.2, 0.25) is 0 Å². The maximum absolute atomic E-state index is 10.6. The Morgan fingerprint density at radius 3 is 2.82 bits per heavy atom. The molecule has 1 aromatic carbocycles. The average Bonchev–Trinajstić information content (AvgIpc) is 2.64. The van der Waals surface area contributed by atoms with E-state index in [0.717, 1.165) is 28.7 Å². The predicted octanol–water partition coefficient (Wildman–Crippen LogP) is 3.32. The quantitative estimate of drug-likeness (QED) is 0.879. The van der Waals surface area contributed by atoms with Gasteiger partial charge in [-0.1, -0.05) is 25.1 Å². The van der Waals surface area contributed by atoms with Gasteiger partial charge in [0, 0.05) is 11.8 Å². The number of hydrogen-bond acceptors (Lipinski definition) is 2. The molecule has 0 aliphatic rings. The minimum atomic E-state index is -0.791. The summed E-state index contributed by atoms with van der Waals surface area (Å²) in [6.07, 6.45) is 1.49. The third-order valence-electron chi connectivity index (χ3n) is 3.09. The summed E-state index contributed by atoms with van der Waals surface area (Å²) in [5.74, 6) is 0.00358. The van der Waals surface area contributed by atoms with Crippen LogP contribution in [0.3, 0.4) is 0 Å². The van der Waals surface area contributed by atoms with Crippen molar-refractivity contribution in [1.82, 2.24) is 0 Å². The van der Waals surface area contributed by atoms with E-state index in [-0.39, 0.29) is 6.42 Å². The molecule has 2 aromatic rings. The zero-order valence-electron chi connectivity index (χ0n) is 10.1. The molecule has 0 bridgehead atoms. The van der Waals surface area contributed by atoms with Crippen molar-refractivity contribution in [2.24, 2.45) is 0 Å². The molecule has 3 heteroatoms. The van der Waals surface area contributed by atoms with E-state index in [1.54, 1.807) is 0 Å². The number of aryl methyl sites for hydroxylation is 3. The van der Waals surface area contributed by atoms with Gasteiger partial charge in [0.05, 0.1) is 6.42 Å². The highest BCUT2D eigenvalue weighted by Gasteiger charge is 2.13. The first-order valence-electron chi connectivity index (χ1n) is 5.85. The lowest BCUT2D eigenvalue weighted by Crippen LogP contribution is -1.97. The highest BCUT2D eigenvalue weighted by atomic mass is 16.4. The van der Waals surface area contributed by atoms with Gasteiger partial charge in [-0.3, -0.25) is 4.79 Å². The first kappa shape index (κ1) is 11.7. The number of fused-ring (bicyclic) bond motifs is 1. The number of hydrogen-bond donors (Lipinski definition) is 1. The highest BCUT2D eigenvalue weighted by molar-refractivity contribution is 5.85. The third-order valence-corrected chi connectivity index (χ3v) is 3.09. The van der Waals surface area contributed by atoms with Crippen LogP contribution in [0.5, 0.6) is 0 Å². The Bertz CT molecular complexity index is 552. The van der Waals surface area contributed by atoms with Gasteiger partial charge in [-0.05, 0) is 24.5 Å². The molecule has 0 aliphatic carbocycles. The Labute approximate surface area is 100 Å². The second-order valence-corrected chi connectivity index (χ2v) is 4.19. The van der Waals surface area contributed by atoms with E-state index in [2.05, 4.69) is 6.92 Å². The molecule has 0 saturated carbocycles. The molecule has 2 rings (SSSR count). The van der Waals surface area contributed by atoms with Crippen LogP contribution in [-0.2, 0) is 17.6 Å². The fraction of sp³-hybridized carbons (Fsp3) is 0.357. The summed E-state index contributed by atoms with van der Waals surface area (Å²) >= 11 is 0. The van der Waals surface area contributed by atoms with Crippen LogP contribution < -0.4 is 0 Å². The molecule has 0 fully saturated rings. The van der Waals surface area contributed by atoms with E-state index in [9.17, 15) is 4.79 Å². The van der Waals surface area contributed by atoms with Gasteiger partial charge in [-0.15, -0.1) is 0 Å². The zero-order chi connectivity index (χ0) is 12.4. The van der Waals surface area contributed by atoms with Crippen LogP contribution in [-0.4, -0.2) is 11.1 Å². The molecule has 1 heterocycles. The van der Waals surface area contributed by atoms with Crippen LogP contribution in [0.2, 0.25) is 0 Å². The summed E-state index contributed by atoms with van der Waals surface area (Å²) in [5, 5.41) is 9.80. The van der Waals surface area contributed by atoms with Gasteiger partial charge in [0.1, 0.15) is 11.3 Å². The standard InChI is InChI=1S/C14H16O3/c1-3-10-5-4-6-11-9(2)12(17-14(10)11)7-8-13(15)16/h4-6H,3,7-8H2,1-2H3,(H,15,16). The number of rotatable bonds is 4. The summed E-state index contributed by atoms with van der Waals surface area (Å²) < 4.78 is 5.81. The van der Waals surface area contributed by atoms with E-state index in [1.807, 2.05) is 25.1 Å². The Hall–Kier alpha value is -1.77. The Balaban J connectivity index is 2.45. The smallest absolute Gasteiger partial charge is 0.303 e. The third kappa shape index (κ3) is 2.18. The van der Waals surface area contributed by atoms with Gasteiger partial charge in [-0.2, -0.15) is 0 Å². The molecule has 3 nitrogen and oxygen atoms in total. The van der Waals surface area contributed by atoms with Crippen LogP contribution in [0.4, 0.5) is 0 Å². The molecule has 0 aliphatic heterocycles. The monoisotopic (exact) mass is 232 g/mol. The normalized spacial score (nSPS) is 10.9. The topological polar surface area (TPSA) is 50.4 Å². The van der Waals surface area contributed by atoms with E-state index in [4.69, 9.17) is 9.52 Å². The molecule has 1 N–H and O–H groups in total. The zero-order valence-corrected chi connectivity index (χ0v) is 10.1. The number of aliphatic carboxylic acids is 1. The van der Waals surface area contributed by atoms with Crippen molar-refractivity contribution < 1.29 is 14.3 Å². The molecule has 0 saturated heterocycles. The van der Waals surface area contributed by atoms with Crippen LogP contribution in [0.15, 0.2) is 22.6 Å². The number of furan rings is 1. The van der Waals surface area contributed by atoms with Crippen molar-refractivity contribution in [3.8, 4) is 0 Å². The second kappa shape index (κ2) is 4.62. The summed E-state index contributed by atoms with van der Waals surface area (Å²) in [5.41, 5.74) is 3.15. The summed E-state index contributed by atoms with van der Waals surface area (Å²) in [4.78, 5) is 10.6.